The van der Waals surface area contributed by atoms with Crippen LogP contribution >= 0.6 is 0 Å². The second-order valence-corrected chi connectivity index (χ2v) is 10.6. The Morgan fingerprint density at radius 1 is 0.973 bits per heavy atom. The van der Waals surface area contributed by atoms with Gasteiger partial charge in [0.1, 0.15) is 23.5 Å². The summed E-state index contributed by atoms with van der Waals surface area (Å²) in [6.45, 7) is 6.00. The normalized spacial score (nSPS) is 15.1. The third-order valence-corrected chi connectivity index (χ3v) is 6.87. The highest BCUT2D eigenvalue weighted by Crippen LogP contribution is 2.30. The lowest BCUT2D eigenvalue weighted by molar-refractivity contribution is -0.129. The number of ether oxygens (including phenoxy) is 1. The minimum atomic E-state index is -1.32. The smallest absolute Gasteiger partial charge is 0.162 e. The van der Waals surface area contributed by atoms with Gasteiger partial charge < -0.3 is 21.3 Å². The van der Waals surface area contributed by atoms with Gasteiger partial charge in [0.25, 0.3) is 0 Å². The third kappa shape index (κ3) is 10.4. The van der Waals surface area contributed by atoms with Gasteiger partial charge in [-0.2, -0.15) is 0 Å². The molecule has 2 rings (SSSR count). The number of nitrogens with two attached hydrogens (primary N) is 2. The van der Waals surface area contributed by atoms with E-state index in [1.165, 1.54) is 0 Å². The van der Waals surface area contributed by atoms with Crippen molar-refractivity contribution in [3.8, 4) is 0 Å². The second-order valence-electron chi connectivity index (χ2n) is 10.6. The van der Waals surface area contributed by atoms with E-state index in [0.29, 0.717) is 19.4 Å². The van der Waals surface area contributed by atoms with E-state index in [2.05, 4.69) is 0 Å². The van der Waals surface area contributed by atoms with Gasteiger partial charge in [-0.25, -0.2) is 8.78 Å². The highest BCUT2D eigenvalue weighted by molar-refractivity contribution is 5.83. The van der Waals surface area contributed by atoms with E-state index in [-0.39, 0.29) is 48.4 Å². The van der Waals surface area contributed by atoms with E-state index in [1.54, 1.807) is 6.92 Å². The van der Waals surface area contributed by atoms with Crippen molar-refractivity contribution in [1.29, 1.82) is 0 Å². The van der Waals surface area contributed by atoms with Gasteiger partial charge in [-0.15, -0.1) is 0 Å². The maximum absolute atomic E-state index is 13.9. The Kier molecular flexibility index (Phi) is 12.0. The molecule has 0 aromatic heterocycles. The summed E-state index contributed by atoms with van der Waals surface area (Å²) in [6, 6.07) is 11.3. The molecule has 2 aromatic rings. The number of rotatable bonds is 16. The molecule has 8 heteroatoms. The van der Waals surface area contributed by atoms with Crippen molar-refractivity contribution in [2.75, 3.05) is 6.61 Å². The number of hydrogen-bond acceptors (Lipinski definition) is 6. The Morgan fingerprint density at radius 2 is 1.59 bits per heavy atom. The fourth-order valence-electron chi connectivity index (χ4n) is 4.01. The molecule has 6 nitrogen and oxygen atoms in total. The van der Waals surface area contributed by atoms with Crippen LogP contribution in [0.2, 0.25) is 0 Å². The summed E-state index contributed by atoms with van der Waals surface area (Å²) < 4.78 is 32.9. The molecule has 5 N–H and O–H groups in total. The van der Waals surface area contributed by atoms with Crippen molar-refractivity contribution in [1.82, 2.24) is 0 Å². The molecule has 0 aliphatic carbocycles. The van der Waals surface area contributed by atoms with E-state index in [1.807, 2.05) is 44.2 Å². The van der Waals surface area contributed by atoms with Crippen LogP contribution in [0.15, 0.2) is 48.5 Å². The fraction of sp³-hybridized carbons (Fsp3) is 0.517. The molecule has 0 aliphatic heterocycles. The number of aliphatic hydroxyl groups is 1. The number of halogens is 2. The zero-order valence-electron chi connectivity index (χ0n) is 22.0. The SMILES string of the molecule is CC(C(=O)CCC(C)(C)CCC(=O)C(O)C(N)COCc1ccccc1)C(N)Cc1cc(F)ccc1F. The number of carbonyl (C=O) groups is 2. The van der Waals surface area contributed by atoms with Crippen molar-refractivity contribution < 1.29 is 28.2 Å². The lowest BCUT2D eigenvalue weighted by Crippen LogP contribution is -2.44. The summed E-state index contributed by atoms with van der Waals surface area (Å²) in [4.78, 5) is 25.2. The summed E-state index contributed by atoms with van der Waals surface area (Å²) >= 11 is 0. The van der Waals surface area contributed by atoms with E-state index in [0.717, 1.165) is 23.8 Å². The van der Waals surface area contributed by atoms with Gasteiger partial charge in [0.15, 0.2) is 5.78 Å². The summed E-state index contributed by atoms with van der Waals surface area (Å²) in [5, 5.41) is 10.3. The molecule has 0 bridgehead atoms. The molecule has 4 atom stereocenters. The van der Waals surface area contributed by atoms with Crippen molar-refractivity contribution in [3.05, 3.63) is 71.3 Å². The van der Waals surface area contributed by atoms with Crippen LogP contribution in [0, 0.1) is 23.0 Å². The standard InChI is InChI=1S/C29H40F2N2O4/c1-19(24(32)16-21-15-22(30)9-10-23(21)31)26(34)11-13-29(2,3)14-12-27(35)28(36)25(33)18-37-17-20-7-5-4-6-8-20/h4-10,15,19,24-25,28,36H,11-14,16-18,32-33H2,1-3H3. The monoisotopic (exact) mass is 518 g/mol. The molecule has 0 aliphatic rings. The molecular formula is C29H40F2N2O4. The average molecular weight is 519 g/mol. The van der Waals surface area contributed by atoms with Gasteiger partial charge in [0.2, 0.25) is 0 Å². The highest BCUT2D eigenvalue weighted by atomic mass is 19.1. The minimum Gasteiger partial charge on any atom is -0.384 e. The van der Waals surface area contributed by atoms with E-state index < -0.39 is 35.7 Å². The Balaban J connectivity index is 1.74. The summed E-state index contributed by atoms with van der Waals surface area (Å²) in [6.07, 6.45) is 0.103. The Morgan fingerprint density at radius 3 is 2.24 bits per heavy atom. The summed E-state index contributed by atoms with van der Waals surface area (Å²) in [5.41, 5.74) is 12.9. The first-order valence-corrected chi connectivity index (χ1v) is 12.7. The zero-order chi connectivity index (χ0) is 27.6. The van der Waals surface area contributed by atoms with Crippen LogP contribution in [0.5, 0.6) is 0 Å². The molecule has 0 amide bonds. The molecule has 204 valence electrons. The molecule has 0 saturated carbocycles. The molecule has 0 fully saturated rings. The lowest BCUT2D eigenvalue weighted by atomic mass is 9.79. The Hall–Kier alpha value is -2.52. The first kappa shape index (κ1) is 30.7. The lowest BCUT2D eigenvalue weighted by Gasteiger charge is -2.26. The molecule has 37 heavy (non-hydrogen) atoms. The zero-order valence-corrected chi connectivity index (χ0v) is 22.0. The topological polar surface area (TPSA) is 116 Å². The molecule has 4 unspecified atom stereocenters. The van der Waals surface area contributed by atoms with Crippen LogP contribution in [0.3, 0.4) is 0 Å². The number of aliphatic hydroxyl groups excluding tert-OH is 1. The number of Topliss-reactive ketones (excluding diaryl/α,β-unsaturated/α-hetero) is 2. The molecular weight excluding hydrogens is 478 g/mol. The largest absolute Gasteiger partial charge is 0.384 e. The molecule has 0 radical (unpaired) electrons. The van der Waals surface area contributed by atoms with E-state index in [4.69, 9.17) is 16.2 Å². The van der Waals surface area contributed by atoms with Crippen LogP contribution in [0.1, 0.15) is 57.6 Å². The Bertz CT molecular complexity index is 1020. The maximum atomic E-state index is 13.9. The molecule has 0 saturated heterocycles. The van der Waals surface area contributed by atoms with Gasteiger partial charge in [-0.3, -0.25) is 9.59 Å². The quantitative estimate of drug-likeness (QED) is 0.308. The third-order valence-electron chi connectivity index (χ3n) is 6.87. The van der Waals surface area contributed by atoms with Crippen LogP contribution in [-0.4, -0.2) is 41.5 Å². The fourth-order valence-corrected chi connectivity index (χ4v) is 4.01. The van der Waals surface area contributed by atoms with Crippen LogP contribution in [-0.2, 0) is 27.4 Å². The number of hydrogen-bond donors (Lipinski definition) is 3. The summed E-state index contributed by atoms with van der Waals surface area (Å²) in [7, 11) is 0. The molecule has 0 spiro atoms. The predicted octanol–water partition coefficient (Wildman–Crippen LogP) is 4.10. The highest BCUT2D eigenvalue weighted by Gasteiger charge is 2.28. The number of benzene rings is 2. The molecule has 2 aromatic carbocycles. The van der Waals surface area contributed by atoms with Crippen molar-refractivity contribution in [2.24, 2.45) is 22.8 Å². The second kappa shape index (κ2) is 14.4. The van der Waals surface area contributed by atoms with Crippen LogP contribution < -0.4 is 11.5 Å². The molecule has 0 heterocycles. The first-order chi connectivity index (χ1) is 17.4. The minimum absolute atomic E-state index is 0.0529. The van der Waals surface area contributed by atoms with E-state index >= 15 is 0 Å². The van der Waals surface area contributed by atoms with Crippen LogP contribution in [0.25, 0.3) is 0 Å². The van der Waals surface area contributed by atoms with Crippen molar-refractivity contribution in [2.45, 2.75) is 77.7 Å². The van der Waals surface area contributed by atoms with E-state index in [9.17, 15) is 23.5 Å². The van der Waals surface area contributed by atoms with Gasteiger partial charge in [0, 0.05) is 24.8 Å². The van der Waals surface area contributed by atoms with Crippen LogP contribution in [0.4, 0.5) is 8.78 Å². The van der Waals surface area contributed by atoms with Crippen molar-refractivity contribution >= 4 is 11.6 Å². The number of carbonyl (C=O) groups excluding carboxylic acids is 2. The van der Waals surface area contributed by atoms with Gasteiger partial charge >= 0.3 is 0 Å². The predicted molar refractivity (Wildman–Crippen MR) is 140 cm³/mol. The average Bonchev–Trinajstić information content (AvgIpc) is 2.87. The summed E-state index contributed by atoms with van der Waals surface area (Å²) in [5.74, 6) is -2.06. The van der Waals surface area contributed by atoms with Gasteiger partial charge in [-0.1, -0.05) is 51.1 Å². The van der Waals surface area contributed by atoms with Gasteiger partial charge in [-0.05, 0) is 54.0 Å². The number of ketones is 2. The van der Waals surface area contributed by atoms with Crippen molar-refractivity contribution in [3.63, 3.8) is 0 Å². The Labute approximate surface area is 218 Å². The van der Waals surface area contributed by atoms with Gasteiger partial charge in [0.05, 0.1) is 19.3 Å². The maximum Gasteiger partial charge on any atom is 0.162 e. The first-order valence-electron chi connectivity index (χ1n) is 12.7.